The highest BCUT2D eigenvalue weighted by Gasteiger charge is 2.09. The fourth-order valence-corrected chi connectivity index (χ4v) is 1.50. The minimum Gasteiger partial charge on any atom is -0.464 e. The second-order valence-electron chi connectivity index (χ2n) is 3.27. The Balaban J connectivity index is 2.60. The quantitative estimate of drug-likeness (QED) is 0.762. The van der Waals surface area contributed by atoms with Gasteiger partial charge in [0, 0.05) is 23.5 Å². The third kappa shape index (κ3) is 1.33. The lowest BCUT2D eigenvalue weighted by molar-refractivity contribution is 0.273. The van der Waals surface area contributed by atoms with Crippen molar-refractivity contribution < 1.29 is 9.52 Å². The summed E-state index contributed by atoms with van der Waals surface area (Å²) in [5, 5.41) is 10.1. The molecular formula is C11H12O2. The van der Waals surface area contributed by atoms with Gasteiger partial charge in [-0.2, -0.15) is 0 Å². The van der Waals surface area contributed by atoms with E-state index in [2.05, 4.69) is 0 Å². The minimum absolute atomic E-state index is 0.134. The molecule has 0 aliphatic carbocycles. The van der Waals surface area contributed by atoms with Crippen molar-refractivity contribution in [2.75, 3.05) is 6.61 Å². The Morgan fingerprint density at radius 3 is 3.00 bits per heavy atom. The summed E-state index contributed by atoms with van der Waals surface area (Å²) in [5.74, 6) is 0.134. The first-order valence-corrected chi connectivity index (χ1v) is 4.40. The maximum atomic E-state index is 9.04. The van der Waals surface area contributed by atoms with Crippen molar-refractivity contribution in [2.45, 2.75) is 12.8 Å². The summed E-state index contributed by atoms with van der Waals surface area (Å²) in [5.41, 5.74) is 1.97. The summed E-state index contributed by atoms with van der Waals surface area (Å²) in [7, 11) is 0. The predicted octanol–water partition coefficient (Wildman–Crippen LogP) is 2.53. The molecule has 0 aliphatic heterocycles. The highest BCUT2D eigenvalue weighted by Crippen LogP contribution is 2.25. The van der Waals surface area contributed by atoms with Gasteiger partial charge in [-0.3, -0.25) is 0 Å². The molecule has 2 nitrogen and oxygen atoms in total. The van der Waals surface area contributed by atoms with Crippen LogP contribution >= 0.6 is 0 Å². The Labute approximate surface area is 76.8 Å². The van der Waals surface area contributed by atoms with E-state index in [1.807, 2.05) is 31.2 Å². The number of furan rings is 1. The molecule has 68 valence electrons. The largest absolute Gasteiger partial charge is 0.464 e. The van der Waals surface area contributed by atoms with Crippen LogP contribution in [0, 0.1) is 0 Å². The van der Waals surface area contributed by atoms with Gasteiger partial charge in [-0.05, 0) is 6.07 Å². The topological polar surface area (TPSA) is 33.4 Å². The molecule has 1 unspecified atom stereocenters. The first kappa shape index (κ1) is 8.32. The number of aliphatic hydroxyl groups is 1. The van der Waals surface area contributed by atoms with Crippen molar-refractivity contribution in [2.24, 2.45) is 0 Å². The van der Waals surface area contributed by atoms with Crippen LogP contribution in [0.25, 0.3) is 11.0 Å². The third-order valence-corrected chi connectivity index (χ3v) is 2.31. The molecule has 0 bridgehead atoms. The van der Waals surface area contributed by atoms with Gasteiger partial charge in [-0.25, -0.2) is 0 Å². The van der Waals surface area contributed by atoms with Crippen LogP contribution in [0.1, 0.15) is 18.4 Å². The smallest absolute Gasteiger partial charge is 0.137 e. The summed E-state index contributed by atoms with van der Waals surface area (Å²) in [6, 6.07) is 7.92. The molecule has 0 aliphatic rings. The predicted molar refractivity (Wildman–Crippen MR) is 51.7 cm³/mol. The second-order valence-corrected chi connectivity index (χ2v) is 3.27. The van der Waals surface area contributed by atoms with E-state index in [4.69, 9.17) is 9.52 Å². The number of fused-ring (bicyclic) bond motifs is 1. The lowest BCUT2D eigenvalue weighted by atomic mass is 10.0. The fourth-order valence-electron chi connectivity index (χ4n) is 1.50. The van der Waals surface area contributed by atoms with Gasteiger partial charge in [0.2, 0.25) is 0 Å². The van der Waals surface area contributed by atoms with Crippen LogP contribution in [0.3, 0.4) is 0 Å². The Hall–Kier alpha value is -1.28. The normalized spacial score (nSPS) is 13.4. The van der Waals surface area contributed by atoms with Crippen molar-refractivity contribution in [3.8, 4) is 0 Å². The van der Waals surface area contributed by atoms with Gasteiger partial charge in [0.1, 0.15) is 5.58 Å². The Bertz CT molecular complexity index is 403. The van der Waals surface area contributed by atoms with Crippen LogP contribution in [-0.2, 0) is 0 Å². The average molecular weight is 176 g/mol. The van der Waals surface area contributed by atoms with Crippen molar-refractivity contribution in [1.29, 1.82) is 0 Å². The maximum absolute atomic E-state index is 9.04. The van der Waals surface area contributed by atoms with E-state index in [-0.39, 0.29) is 12.5 Å². The van der Waals surface area contributed by atoms with Crippen LogP contribution in [-0.4, -0.2) is 11.7 Å². The molecule has 2 heteroatoms. The van der Waals surface area contributed by atoms with Gasteiger partial charge in [-0.15, -0.1) is 0 Å². The molecule has 0 amide bonds. The van der Waals surface area contributed by atoms with Crippen molar-refractivity contribution >= 4 is 11.0 Å². The van der Waals surface area contributed by atoms with E-state index in [0.29, 0.717) is 0 Å². The highest BCUT2D eigenvalue weighted by molar-refractivity contribution is 5.80. The van der Waals surface area contributed by atoms with Crippen molar-refractivity contribution in [1.82, 2.24) is 0 Å². The molecule has 0 radical (unpaired) electrons. The van der Waals surface area contributed by atoms with Crippen molar-refractivity contribution in [3.05, 3.63) is 36.1 Å². The first-order valence-electron chi connectivity index (χ1n) is 4.40. The van der Waals surface area contributed by atoms with Gasteiger partial charge < -0.3 is 9.52 Å². The third-order valence-electron chi connectivity index (χ3n) is 2.31. The van der Waals surface area contributed by atoms with Gasteiger partial charge in [-0.1, -0.05) is 25.1 Å². The summed E-state index contributed by atoms with van der Waals surface area (Å²) >= 11 is 0. The van der Waals surface area contributed by atoms with Crippen LogP contribution < -0.4 is 0 Å². The SMILES string of the molecule is CC(CO)c1cccc2ccoc12. The Morgan fingerprint density at radius 2 is 2.23 bits per heavy atom. The standard InChI is InChI=1S/C11H12O2/c1-8(7-12)10-4-2-3-9-5-6-13-11(9)10/h2-6,8,12H,7H2,1H3. The zero-order chi connectivity index (χ0) is 9.26. The highest BCUT2D eigenvalue weighted by atomic mass is 16.3. The maximum Gasteiger partial charge on any atom is 0.137 e. The monoisotopic (exact) mass is 176 g/mol. The summed E-state index contributed by atoms with van der Waals surface area (Å²) < 4.78 is 5.36. The van der Waals surface area contributed by atoms with Crippen LogP contribution in [0.15, 0.2) is 34.9 Å². The van der Waals surface area contributed by atoms with E-state index >= 15 is 0 Å². The van der Waals surface area contributed by atoms with E-state index in [1.54, 1.807) is 6.26 Å². The number of benzene rings is 1. The average Bonchev–Trinajstić information content (AvgIpc) is 2.63. The Morgan fingerprint density at radius 1 is 1.38 bits per heavy atom. The molecular weight excluding hydrogens is 164 g/mol. The molecule has 2 aromatic rings. The lowest BCUT2D eigenvalue weighted by Gasteiger charge is -2.07. The number of hydrogen-bond donors (Lipinski definition) is 1. The minimum atomic E-state index is 0.134. The second kappa shape index (κ2) is 3.23. The Kier molecular flexibility index (Phi) is 2.07. The molecule has 1 aromatic carbocycles. The number of para-hydroxylation sites is 1. The van der Waals surface area contributed by atoms with E-state index in [9.17, 15) is 0 Å². The molecule has 0 fully saturated rings. The van der Waals surface area contributed by atoms with Crippen LogP contribution in [0.5, 0.6) is 0 Å². The summed E-state index contributed by atoms with van der Waals surface area (Å²) in [6.07, 6.45) is 1.68. The van der Waals surface area contributed by atoms with Crippen LogP contribution in [0.4, 0.5) is 0 Å². The molecule has 1 aromatic heterocycles. The van der Waals surface area contributed by atoms with Gasteiger partial charge in [0.05, 0.1) is 6.26 Å². The van der Waals surface area contributed by atoms with Gasteiger partial charge in [0.25, 0.3) is 0 Å². The van der Waals surface area contributed by atoms with E-state index in [1.165, 1.54) is 0 Å². The zero-order valence-corrected chi connectivity index (χ0v) is 7.53. The van der Waals surface area contributed by atoms with Crippen molar-refractivity contribution in [3.63, 3.8) is 0 Å². The molecule has 1 N–H and O–H groups in total. The van der Waals surface area contributed by atoms with Gasteiger partial charge >= 0.3 is 0 Å². The van der Waals surface area contributed by atoms with E-state index < -0.39 is 0 Å². The van der Waals surface area contributed by atoms with E-state index in [0.717, 1.165) is 16.5 Å². The molecule has 2 rings (SSSR count). The molecule has 13 heavy (non-hydrogen) atoms. The lowest BCUT2D eigenvalue weighted by Crippen LogP contribution is -1.98. The molecule has 1 heterocycles. The molecule has 0 spiro atoms. The molecule has 1 atom stereocenters. The zero-order valence-electron chi connectivity index (χ0n) is 7.53. The number of rotatable bonds is 2. The molecule has 0 saturated heterocycles. The summed E-state index contributed by atoms with van der Waals surface area (Å²) in [6.45, 7) is 2.14. The van der Waals surface area contributed by atoms with Crippen LogP contribution in [0.2, 0.25) is 0 Å². The number of hydrogen-bond acceptors (Lipinski definition) is 2. The fraction of sp³-hybridized carbons (Fsp3) is 0.273. The first-order chi connectivity index (χ1) is 6.33. The number of aliphatic hydroxyl groups excluding tert-OH is 1. The molecule has 0 saturated carbocycles. The summed E-state index contributed by atoms with van der Waals surface area (Å²) in [4.78, 5) is 0. The van der Waals surface area contributed by atoms with Gasteiger partial charge in [0.15, 0.2) is 0 Å².